The van der Waals surface area contributed by atoms with E-state index in [0.29, 0.717) is 42.5 Å². The van der Waals surface area contributed by atoms with Gasteiger partial charge in [0, 0.05) is 55.5 Å². The Kier molecular flexibility index (Phi) is 8.38. The Morgan fingerprint density at radius 1 is 1.23 bits per heavy atom. The SMILES string of the molecule is COc1cc(N2C[C@@H](F)C[C@@H]2CN(C)C)c(N)cc1Nc1ncc(C(=O)OC(C)C)c(N2CC(C)(C)c3ccccc32)n1. The molecule has 3 heterocycles. The summed E-state index contributed by atoms with van der Waals surface area (Å²) < 4.78 is 25.8. The van der Waals surface area contributed by atoms with Gasteiger partial charge >= 0.3 is 5.97 Å². The van der Waals surface area contributed by atoms with Gasteiger partial charge in [-0.25, -0.2) is 14.2 Å². The van der Waals surface area contributed by atoms with Crippen LogP contribution < -0.4 is 25.6 Å². The summed E-state index contributed by atoms with van der Waals surface area (Å²) in [5.41, 5.74) is 10.6. The first-order valence-electron chi connectivity index (χ1n) is 14.6. The van der Waals surface area contributed by atoms with Crippen molar-refractivity contribution in [2.75, 3.05) is 61.7 Å². The van der Waals surface area contributed by atoms with Crippen molar-refractivity contribution >= 4 is 40.5 Å². The molecule has 0 radical (unpaired) electrons. The molecule has 2 aliphatic heterocycles. The predicted molar refractivity (Wildman–Crippen MR) is 169 cm³/mol. The predicted octanol–water partition coefficient (Wildman–Crippen LogP) is 5.28. The first-order valence-corrected chi connectivity index (χ1v) is 14.6. The van der Waals surface area contributed by atoms with Gasteiger partial charge in [-0.05, 0) is 45.6 Å². The minimum atomic E-state index is -0.929. The van der Waals surface area contributed by atoms with E-state index in [1.165, 1.54) is 11.8 Å². The van der Waals surface area contributed by atoms with Crippen molar-refractivity contribution in [2.24, 2.45) is 0 Å². The summed E-state index contributed by atoms with van der Waals surface area (Å²) >= 11 is 0. The van der Waals surface area contributed by atoms with E-state index >= 15 is 0 Å². The number of hydrogen-bond donors (Lipinski definition) is 2. The number of anilines is 6. The number of nitrogens with zero attached hydrogens (tertiary/aromatic N) is 5. The number of hydrogen-bond acceptors (Lipinski definition) is 10. The van der Waals surface area contributed by atoms with Crippen molar-refractivity contribution in [3.63, 3.8) is 0 Å². The Hall–Kier alpha value is -4.12. The number of esters is 1. The molecule has 0 saturated carbocycles. The Labute approximate surface area is 253 Å². The van der Waals surface area contributed by atoms with Crippen LogP contribution in [0, 0.1) is 0 Å². The molecule has 3 aromatic rings. The second kappa shape index (κ2) is 11.9. The van der Waals surface area contributed by atoms with Gasteiger partial charge in [0.25, 0.3) is 0 Å². The quantitative estimate of drug-likeness (QED) is 0.252. The number of likely N-dealkylation sites (N-methyl/N-ethyl adjacent to an activating group) is 1. The second-order valence-corrected chi connectivity index (χ2v) is 12.5. The van der Waals surface area contributed by atoms with Gasteiger partial charge in [0.1, 0.15) is 17.5 Å². The monoisotopic (exact) mass is 591 g/mol. The smallest absolute Gasteiger partial charge is 0.343 e. The molecule has 0 spiro atoms. The lowest BCUT2D eigenvalue weighted by Crippen LogP contribution is -2.38. The Morgan fingerprint density at radius 2 is 1.98 bits per heavy atom. The van der Waals surface area contributed by atoms with Crippen LogP contribution in [0.15, 0.2) is 42.6 Å². The van der Waals surface area contributed by atoms with Crippen molar-refractivity contribution in [2.45, 2.75) is 57.8 Å². The topological polar surface area (TPSA) is 109 Å². The molecular formula is C32H42FN7O3. The maximum absolute atomic E-state index is 14.5. The first-order chi connectivity index (χ1) is 20.4. The Bertz CT molecular complexity index is 1500. The van der Waals surface area contributed by atoms with Gasteiger partial charge in [0.05, 0.1) is 30.3 Å². The van der Waals surface area contributed by atoms with Crippen molar-refractivity contribution in [3.8, 4) is 5.75 Å². The largest absolute Gasteiger partial charge is 0.494 e. The average molecular weight is 592 g/mol. The van der Waals surface area contributed by atoms with Gasteiger partial charge in [-0.2, -0.15) is 4.98 Å². The van der Waals surface area contributed by atoms with Crippen LogP contribution in [0.4, 0.5) is 38.9 Å². The lowest BCUT2D eigenvalue weighted by molar-refractivity contribution is 0.0378. The summed E-state index contributed by atoms with van der Waals surface area (Å²) in [5, 5.41) is 3.24. The molecule has 230 valence electrons. The fraction of sp³-hybridized carbons (Fsp3) is 0.469. The molecule has 5 rings (SSSR count). The molecule has 10 nitrogen and oxygen atoms in total. The summed E-state index contributed by atoms with van der Waals surface area (Å²) in [6.07, 6.45) is 0.706. The van der Waals surface area contributed by atoms with Crippen molar-refractivity contribution in [3.05, 3.63) is 53.7 Å². The number of nitrogens with one attached hydrogen (secondary N) is 1. The van der Waals surface area contributed by atoms with E-state index in [-0.39, 0.29) is 35.6 Å². The number of carbonyl (C=O) groups excluding carboxylic acids is 1. The van der Waals surface area contributed by atoms with Crippen LogP contribution >= 0.6 is 0 Å². The molecular weight excluding hydrogens is 549 g/mol. The highest BCUT2D eigenvalue weighted by Gasteiger charge is 2.38. The number of methoxy groups -OCH3 is 1. The zero-order valence-electron chi connectivity index (χ0n) is 26.0. The average Bonchev–Trinajstić information content (AvgIpc) is 3.43. The zero-order chi connectivity index (χ0) is 31.1. The number of ether oxygens (including phenoxy) is 2. The molecule has 11 heteroatoms. The first kappa shape index (κ1) is 30.3. The number of benzene rings is 2. The van der Waals surface area contributed by atoms with Crippen LogP contribution in [0.2, 0.25) is 0 Å². The molecule has 1 fully saturated rings. The number of rotatable bonds is 9. The molecule has 2 aromatic carbocycles. The van der Waals surface area contributed by atoms with Crippen LogP contribution in [0.3, 0.4) is 0 Å². The second-order valence-electron chi connectivity index (χ2n) is 12.5. The number of nitrogens with two attached hydrogens (primary N) is 1. The van der Waals surface area contributed by atoms with Gasteiger partial charge in [0.2, 0.25) is 5.95 Å². The molecule has 1 saturated heterocycles. The van der Waals surface area contributed by atoms with Gasteiger partial charge in [-0.1, -0.05) is 32.0 Å². The normalized spacial score (nSPS) is 19.2. The highest BCUT2D eigenvalue weighted by Crippen LogP contribution is 2.45. The summed E-state index contributed by atoms with van der Waals surface area (Å²) in [5.74, 6) is 0.728. The fourth-order valence-corrected chi connectivity index (χ4v) is 6.07. The van der Waals surface area contributed by atoms with E-state index in [1.54, 1.807) is 13.2 Å². The fourth-order valence-electron chi connectivity index (χ4n) is 6.07. The summed E-state index contributed by atoms with van der Waals surface area (Å²) in [7, 11) is 5.52. The summed E-state index contributed by atoms with van der Waals surface area (Å²) in [4.78, 5) is 28.6. The number of para-hydroxylation sites is 1. The van der Waals surface area contributed by atoms with E-state index in [4.69, 9.17) is 20.2 Å². The van der Waals surface area contributed by atoms with Gasteiger partial charge in [0.15, 0.2) is 5.82 Å². The number of halogens is 1. The van der Waals surface area contributed by atoms with E-state index in [2.05, 4.69) is 35.1 Å². The van der Waals surface area contributed by atoms with Crippen molar-refractivity contribution in [1.29, 1.82) is 0 Å². The standard InChI is InChI=1S/C32H42FN7O3/c1-19(2)43-30(41)22-15-35-31(37-29(22)40-18-32(3,4)23-10-8-9-11-26(23)40)36-25-13-24(34)27(14-28(25)42-7)39-16-20(33)12-21(39)17-38(5)6/h8-11,13-15,19-21H,12,16-18,34H2,1-7H3,(H,35,36,37)/t20-,21+/m0/s1. The van der Waals surface area contributed by atoms with Gasteiger partial charge in [-0.3, -0.25) is 0 Å². The minimum absolute atomic E-state index is 0.00700. The molecule has 0 aliphatic carbocycles. The molecule has 0 unspecified atom stereocenters. The maximum atomic E-state index is 14.5. The Morgan fingerprint density at radius 3 is 2.67 bits per heavy atom. The maximum Gasteiger partial charge on any atom is 0.343 e. The third-order valence-corrected chi connectivity index (χ3v) is 7.91. The van der Waals surface area contributed by atoms with E-state index < -0.39 is 12.1 Å². The summed E-state index contributed by atoms with van der Waals surface area (Å²) in [6, 6.07) is 11.7. The number of nitrogen functional groups attached to an aromatic ring is 1. The van der Waals surface area contributed by atoms with E-state index in [9.17, 15) is 9.18 Å². The number of fused-ring (bicyclic) bond motifs is 1. The van der Waals surface area contributed by atoms with Crippen LogP contribution in [0.5, 0.6) is 5.75 Å². The van der Waals surface area contributed by atoms with Crippen LogP contribution in [-0.4, -0.2) is 80.0 Å². The molecule has 0 bridgehead atoms. The van der Waals surface area contributed by atoms with Crippen LogP contribution in [0.25, 0.3) is 0 Å². The zero-order valence-corrected chi connectivity index (χ0v) is 26.0. The van der Waals surface area contributed by atoms with Gasteiger partial charge < -0.3 is 35.2 Å². The molecule has 0 amide bonds. The van der Waals surface area contributed by atoms with Crippen molar-refractivity contribution < 1.29 is 18.7 Å². The van der Waals surface area contributed by atoms with E-state index in [1.807, 2.05) is 62.0 Å². The molecule has 1 aromatic heterocycles. The highest BCUT2D eigenvalue weighted by molar-refractivity contribution is 5.96. The van der Waals surface area contributed by atoms with Crippen LogP contribution in [0.1, 0.15) is 50.0 Å². The number of carbonyl (C=O) groups is 1. The number of aromatic nitrogens is 2. The molecule has 3 N–H and O–H groups in total. The molecule has 2 aliphatic rings. The minimum Gasteiger partial charge on any atom is -0.494 e. The van der Waals surface area contributed by atoms with Crippen molar-refractivity contribution in [1.82, 2.24) is 14.9 Å². The third kappa shape index (κ3) is 6.17. The lowest BCUT2D eigenvalue weighted by Gasteiger charge is -2.30. The lowest BCUT2D eigenvalue weighted by atomic mass is 9.87. The summed E-state index contributed by atoms with van der Waals surface area (Å²) in [6.45, 7) is 9.55. The van der Waals surface area contributed by atoms with Crippen LogP contribution in [-0.2, 0) is 10.2 Å². The van der Waals surface area contributed by atoms with E-state index in [0.717, 1.165) is 11.4 Å². The molecule has 43 heavy (non-hydrogen) atoms. The molecule has 2 atom stereocenters. The Balaban J connectivity index is 1.52. The highest BCUT2D eigenvalue weighted by atomic mass is 19.1. The third-order valence-electron chi connectivity index (χ3n) is 7.91. The number of alkyl halides is 1. The van der Waals surface area contributed by atoms with Gasteiger partial charge in [-0.15, -0.1) is 0 Å².